The van der Waals surface area contributed by atoms with E-state index >= 15 is 0 Å². The van der Waals surface area contributed by atoms with Crippen molar-refractivity contribution in [3.05, 3.63) is 54.0 Å². The second-order valence-electron chi connectivity index (χ2n) is 5.48. The number of imidazole rings is 1. The van der Waals surface area contributed by atoms with Gasteiger partial charge in [0.25, 0.3) is 0 Å². The highest BCUT2D eigenvalue weighted by Gasteiger charge is 2.19. The number of halogens is 1. The number of rotatable bonds is 3. The summed E-state index contributed by atoms with van der Waals surface area (Å²) in [4.78, 5) is 9.16. The molecule has 3 aromatic rings. The van der Waals surface area contributed by atoms with Crippen LogP contribution in [0, 0.1) is 0 Å². The Morgan fingerprint density at radius 1 is 1.05 bits per heavy atom. The number of fused-ring (bicyclic) bond motifs is 1. The molecular formula is C17H18ClN3. The molecule has 2 aromatic heterocycles. The average molecular weight is 300 g/mol. The quantitative estimate of drug-likeness (QED) is 0.648. The fraction of sp³-hybridized carbons (Fsp3) is 0.294. The van der Waals surface area contributed by atoms with Crippen molar-refractivity contribution in [3.63, 3.8) is 0 Å². The van der Waals surface area contributed by atoms with Crippen molar-refractivity contribution in [2.75, 3.05) is 0 Å². The molecule has 3 rings (SSSR count). The Kier molecular flexibility index (Phi) is 3.68. The fourth-order valence-electron chi connectivity index (χ4n) is 2.61. The first kappa shape index (κ1) is 14.1. The smallest absolute Gasteiger partial charge is 0.164 e. The van der Waals surface area contributed by atoms with Crippen LogP contribution in [0.1, 0.15) is 43.5 Å². The average Bonchev–Trinajstić information content (AvgIpc) is 2.86. The third-order valence-corrected chi connectivity index (χ3v) is 3.79. The zero-order chi connectivity index (χ0) is 15.0. The van der Waals surface area contributed by atoms with Crippen LogP contribution in [0.4, 0.5) is 0 Å². The predicted octanol–water partition coefficient (Wildman–Crippen LogP) is 4.84. The summed E-state index contributed by atoms with van der Waals surface area (Å²) in [5.41, 5.74) is 4.10. The lowest BCUT2D eigenvalue weighted by Gasteiger charge is -2.16. The summed E-state index contributed by atoms with van der Waals surface area (Å²) in [5.74, 6) is 1.25. The number of benzene rings is 1. The molecule has 0 saturated heterocycles. The van der Waals surface area contributed by atoms with E-state index < -0.39 is 0 Å². The van der Waals surface area contributed by atoms with Crippen LogP contribution in [-0.4, -0.2) is 14.5 Å². The van der Waals surface area contributed by atoms with Gasteiger partial charge in [-0.1, -0.05) is 32.0 Å². The Hall–Kier alpha value is -1.87. The molecule has 0 fully saturated rings. The lowest BCUT2D eigenvalue weighted by Crippen LogP contribution is -2.06. The molecule has 1 aromatic carbocycles. The lowest BCUT2D eigenvalue weighted by molar-refractivity contribution is 0.821. The summed E-state index contributed by atoms with van der Waals surface area (Å²) in [6.07, 6.45) is 1.79. The van der Waals surface area contributed by atoms with Crippen molar-refractivity contribution in [1.29, 1.82) is 0 Å². The summed E-state index contributed by atoms with van der Waals surface area (Å²) in [6, 6.07) is 12.2. The molecule has 0 amide bonds. The maximum atomic E-state index is 6.35. The summed E-state index contributed by atoms with van der Waals surface area (Å²) >= 11 is 6.35. The topological polar surface area (TPSA) is 30.7 Å². The summed E-state index contributed by atoms with van der Waals surface area (Å²) in [5, 5.41) is -0.181. The Labute approximate surface area is 129 Å². The Bertz CT molecular complexity index is 775. The highest BCUT2D eigenvalue weighted by Crippen LogP contribution is 2.31. The SMILES string of the molecule is CC(C)c1ccccc1-n1c(C(C)Cl)nc2cccnc21. The summed E-state index contributed by atoms with van der Waals surface area (Å²) in [7, 11) is 0. The molecule has 2 heterocycles. The van der Waals surface area contributed by atoms with E-state index in [2.05, 4.69) is 46.6 Å². The van der Waals surface area contributed by atoms with Gasteiger partial charge in [-0.15, -0.1) is 11.6 Å². The first-order chi connectivity index (χ1) is 10.1. The standard InChI is InChI=1S/C17H18ClN3/c1-11(2)13-7-4-5-9-15(13)21-16(12(3)18)20-14-8-6-10-19-17(14)21/h4-12H,1-3H3. The second kappa shape index (κ2) is 5.49. The van der Waals surface area contributed by atoms with Gasteiger partial charge >= 0.3 is 0 Å². The van der Waals surface area contributed by atoms with Gasteiger partial charge in [0.1, 0.15) is 11.3 Å². The number of hydrogen-bond donors (Lipinski definition) is 0. The van der Waals surface area contributed by atoms with E-state index in [0.29, 0.717) is 5.92 Å². The van der Waals surface area contributed by atoms with Gasteiger partial charge in [-0.3, -0.25) is 4.57 Å². The third-order valence-electron chi connectivity index (χ3n) is 3.60. The first-order valence-corrected chi connectivity index (χ1v) is 7.60. The van der Waals surface area contributed by atoms with Crippen LogP contribution in [0.5, 0.6) is 0 Å². The normalized spacial score (nSPS) is 13.0. The Morgan fingerprint density at radius 3 is 2.52 bits per heavy atom. The molecule has 0 N–H and O–H groups in total. The molecule has 0 aliphatic heterocycles. The van der Waals surface area contributed by atoms with Crippen molar-refractivity contribution in [3.8, 4) is 5.69 Å². The molecule has 3 nitrogen and oxygen atoms in total. The number of alkyl halides is 1. The van der Waals surface area contributed by atoms with Crippen molar-refractivity contribution in [1.82, 2.24) is 14.5 Å². The summed E-state index contributed by atoms with van der Waals surface area (Å²) < 4.78 is 2.09. The Balaban J connectivity index is 2.36. The molecule has 0 bridgehead atoms. The highest BCUT2D eigenvalue weighted by molar-refractivity contribution is 6.20. The Morgan fingerprint density at radius 2 is 1.81 bits per heavy atom. The van der Waals surface area contributed by atoms with Crippen LogP contribution in [0.2, 0.25) is 0 Å². The van der Waals surface area contributed by atoms with Gasteiger partial charge in [-0.05, 0) is 36.6 Å². The third kappa shape index (κ3) is 2.42. The van der Waals surface area contributed by atoms with Gasteiger partial charge in [0.15, 0.2) is 5.65 Å². The number of nitrogens with zero attached hydrogens (tertiary/aromatic N) is 3. The summed E-state index contributed by atoms with van der Waals surface area (Å²) in [6.45, 7) is 6.32. The van der Waals surface area contributed by atoms with E-state index in [9.17, 15) is 0 Å². The van der Waals surface area contributed by atoms with Crippen molar-refractivity contribution in [2.45, 2.75) is 32.1 Å². The van der Waals surface area contributed by atoms with Crippen LogP contribution < -0.4 is 0 Å². The van der Waals surface area contributed by atoms with Gasteiger partial charge in [0.2, 0.25) is 0 Å². The minimum absolute atomic E-state index is 0.181. The van der Waals surface area contributed by atoms with E-state index in [0.717, 1.165) is 22.7 Å². The minimum Gasteiger partial charge on any atom is -0.279 e. The predicted molar refractivity (Wildman–Crippen MR) is 87.2 cm³/mol. The van der Waals surface area contributed by atoms with Crippen LogP contribution in [0.25, 0.3) is 16.9 Å². The van der Waals surface area contributed by atoms with Crippen molar-refractivity contribution >= 4 is 22.8 Å². The molecule has 4 heteroatoms. The maximum absolute atomic E-state index is 6.35. The molecule has 21 heavy (non-hydrogen) atoms. The van der Waals surface area contributed by atoms with Crippen molar-refractivity contribution < 1.29 is 0 Å². The van der Waals surface area contributed by atoms with Crippen LogP contribution in [0.15, 0.2) is 42.6 Å². The zero-order valence-corrected chi connectivity index (χ0v) is 13.2. The molecule has 0 radical (unpaired) electrons. The molecule has 1 unspecified atom stereocenters. The molecule has 0 aliphatic rings. The van der Waals surface area contributed by atoms with Gasteiger partial charge in [0.05, 0.1) is 11.1 Å². The first-order valence-electron chi connectivity index (χ1n) is 7.16. The van der Waals surface area contributed by atoms with Crippen molar-refractivity contribution in [2.24, 2.45) is 0 Å². The minimum atomic E-state index is -0.181. The number of hydrogen-bond acceptors (Lipinski definition) is 2. The maximum Gasteiger partial charge on any atom is 0.164 e. The number of aromatic nitrogens is 3. The lowest BCUT2D eigenvalue weighted by atomic mass is 10.0. The van der Waals surface area contributed by atoms with Gasteiger partial charge in [0, 0.05) is 6.20 Å². The largest absolute Gasteiger partial charge is 0.279 e. The second-order valence-corrected chi connectivity index (χ2v) is 6.14. The van der Waals surface area contributed by atoms with E-state index in [4.69, 9.17) is 11.6 Å². The van der Waals surface area contributed by atoms with Gasteiger partial charge < -0.3 is 0 Å². The van der Waals surface area contributed by atoms with Gasteiger partial charge in [-0.2, -0.15) is 0 Å². The van der Waals surface area contributed by atoms with Gasteiger partial charge in [-0.25, -0.2) is 9.97 Å². The number of para-hydroxylation sites is 1. The molecule has 0 spiro atoms. The monoisotopic (exact) mass is 299 g/mol. The van der Waals surface area contributed by atoms with Crippen LogP contribution >= 0.6 is 11.6 Å². The van der Waals surface area contributed by atoms with E-state index in [-0.39, 0.29) is 5.38 Å². The fourth-order valence-corrected chi connectivity index (χ4v) is 2.76. The number of pyridine rings is 1. The van der Waals surface area contributed by atoms with Crippen LogP contribution in [0.3, 0.4) is 0 Å². The van der Waals surface area contributed by atoms with E-state index in [1.807, 2.05) is 25.1 Å². The molecule has 108 valence electrons. The zero-order valence-electron chi connectivity index (χ0n) is 12.4. The van der Waals surface area contributed by atoms with Crippen LogP contribution in [-0.2, 0) is 0 Å². The molecule has 1 atom stereocenters. The van der Waals surface area contributed by atoms with E-state index in [1.54, 1.807) is 6.20 Å². The molecular weight excluding hydrogens is 282 g/mol. The molecule has 0 saturated carbocycles. The highest BCUT2D eigenvalue weighted by atomic mass is 35.5. The molecule has 0 aliphatic carbocycles. The van der Waals surface area contributed by atoms with E-state index in [1.165, 1.54) is 5.56 Å².